The van der Waals surface area contributed by atoms with Gasteiger partial charge in [-0.1, -0.05) is 12.1 Å². The second kappa shape index (κ2) is 6.94. The second-order valence-corrected chi connectivity index (χ2v) is 5.13. The first-order chi connectivity index (χ1) is 10.1. The van der Waals surface area contributed by atoms with Gasteiger partial charge in [0.05, 0.1) is 7.11 Å². The molecule has 7 heteroatoms. The lowest BCUT2D eigenvalue weighted by molar-refractivity contribution is 0.0603. The van der Waals surface area contributed by atoms with Gasteiger partial charge in [0.1, 0.15) is 22.9 Å². The molecule has 0 radical (unpaired) electrons. The maximum Gasteiger partial charge on any atom is 0.344 e. The number of rotatable bonds is 6. The maximum atomic E-state index is 11.6. The largest absolute Gasteiger partial charge is 0.492 e. The average Bonchev–Trinajstić information content (AvgIpc) is 2.84. The molecule has 0 aliphatic carbocycles. The Morgan fingerprint density at radius 2 is 2.29 bits per heavy atom. The van der Waals surface area contributed by atoms with Crippen LogP contribution in [0.15, 0.2) is 24.3 Å². The Labute approximate surface area is 127 Å². The fourth-order valence-electron chi connectivity index (χ4n) is 1.76. The van der Waals surface area contributed by atoms with Gasteiger partial charge in [0.25, 0.3) is 0 Å². The zero-order chi connectivity index (χ0) is 15.2. The Bertz CT molecular complexity index is 628. The zero-order valence-corrected chi connectivity index (χ0v) is 12.7. The molecule has 0 saturated carbocycles. The molecule has 0 saturated heterocycles. The van der Waals surface area contributed by atoms with Gasteiger partial charge in [-0.3, -0.25) is 0 Å². The Morgan fingerprint density at radius 1 is 1.48 bits per heavy atom. The highest BCUT2D eigenvalue weighted by Crippen LogP contribution is 2.27. The molecule has 112 valence electrons. The van der Waals surface area contributed by atoms with Crippen LogP contribution >= 0.6 is 11.5 Å². The van der Waals surface area contributed by atoms with E-state index in [1.807, 2.05) is 31.2 Å². The number of methoxy groups -OCH3 is 1. The Kier molecular flexibility index (Phi) is 4.99. The highest BCUT2D eigenvalue weighted by molar-refractivity contribution is 7.11. The first kappa shape index (κ1) is 15.1. The topological polar surface area (TPSA) is 86.5 Å². The fraction of sp³-hybridized carbons (Fsp3) is 0.286. The molecule has 0 spiro atoms. The SMILES string of the molecule is COC(=O)c1c(N)nsc1NCCOc1cccc(C)c1. The summed E-state index contributed by atoms with van der Waals surface area (Å²) in [5.41, 5.74) is 7.08. The molecular weight excluding hydrogens is 290 g/mol. The van der Waals surface area contributed by atoms with Crippen LogP contribution in [0.3, 0.4) is 0 Å². The number of carbonyl (C=O) groups excluding carboxylic acids is 1. The smallest absolute Gasteiger partial charge is 0.344 e. The van der Waals surface area contributed by atoms with E-state index in [1.54, 1.807) is 0 Å². The molecule has 2 rings (SSSR count). The molecule has 1 heterocycles. The monoisotopic (exact) mass is 307 g/mol. The van der Waals surface area contributed by atoms with E-state index in [4.69, 9.17) is 10.5 Å². The van der Waals surface area contributed by atoms with Crippen LogP contribution in [0.1, 0.15) is 15.9 Å². The molecule has 0 atom stereocenters. The number of anilines is 2. The third-order valence-electron chi connectivity index (χ3n) is 2.75. The van der Waals surface area contributed by atoms with E-state index in [1.165, 1.54) is 7.11 Å². The summed E-state index contributed by atoms with van der Waals surface area (Å²) in [4.78, 5) is 11.6. The number of ether oxygens (including phenoxy) is 2. The van der Waals surface area contributed by atoms with E-state index in [9.17, 15) is 4.79 Å². The molecule has 0 fully saturated rings. The van der Waals surface area contributed by atoms with Gasteiger partial charge >= 0.3 is 5.97 Å². The van der Waals surface area contributed by atoms with Gasteiger partial charge in [0.15, 0.2) is 5.82 Å². The fourth-order valence-corrected chi connectivity index (χ4v) is 2.49. The predicted octanol–water partition coefficient (Wildman–Crippen LogP) is 2.31. The lowest BCUT2D eigenvalue weighted by Crippen LogP contribution is -2.13. The summed E-state index contributed by atoms with van der Waals surface area (Å²) >= 11 is 1.13. The molecule has 2 aromatic rings. The quantitative estimate of drug-likeness (QED) is 0.629. The molecule has 0 bridgehead atoms. The number of nitrogens with one attached hydrogen (secondary N) is 1. The van der Waals surface area contributed by atoms with Gasteiger partial charge in [0.2, 0.25) is 0 Å². The minimum Gasteiger partial charge on any atom is -0.492 e. The highest BCUT2D eigenvalue weighted by atomic mass is 32.1. The van der Waals surface area contributed by atoms with Gasteiger partial charge in [-0.2, -0.15) is 4.37 Å². The van der Waals surface area contributed by atoms with Crippen molar-refractivity contribution in [3.8, 4) is 5.75 Å². The number of nitrogens with zero attached hydrogens (tertiary/aromatic N) is 1. The predicted molar refractivity (Wildman–Crippen MR) is 83.0 cm³/mol. The molecule has 21 heavy (non-hydrogen) atoms. The van der Waals surface area contributed by atoms with Gasteiger partial charge < -0.3 is 20.5 Å². The molecule has 1 aromatic carbocycles. The molecule has 6 nitrogen and oxygen atoms in total. The lowest BCUT2D eigenvalue weighted by atomic mass is 10.2. The molecule has 0 aliphatic heterocycles. The van der Waals surface area contributed by atoms with Crippen molar-refractivity contribution in [1.82, 2.24) is 4.37 Å². The van der Waals surface area contributed by atoms with Crippen molar-refractivity contribution < 1.29 is 14.3 Å². The van der Waals surface area contributed by atoms with E-state index in [0.717, 1.165) is 22.8 Å². The first-order valence-electron chi connectivity index (χ1n) is 6.38. The van der Waals surface area contributed by atoms with Crippen molar-refractivity contribution in [3.63, 3.8) is 0 Å². The minimum absolute atomic E-state index is 0.175. The van der Waals surface area contributed by atoms with Crippen LogP contribution in [-0.4, -0.2) is 30.6 Å². The summed E-state index contributed by atoms with van der Waals surface area (Å²) < 4.78 is 14.2. The van der Waals surface area contributed by atoms with Crippen LogP contribution in [-0.2, 0) is 4.74 Å². The van der Waals surface area contributed by atoms with Crippen LogP contribution in [0.25, 0.3) is 0 Å². The number of hydrogen-bond acceptors (Lipinski definition) is 7. The molecular formula is C14H17N3O3S. The van der Waals surface area contributed by atoms with Crippen molar-refractivity contribution in [1.29, 1.82) is 0 Å². The third-order valence-corrected chi connectivity index (χ3v) is 3.57. The van der Waals surface area contributed by atoms with E-state index in [0.29, 0.717) is 18.2 Å². The standard InChI is InChI=1S/C14H17N3O3S/c1-9-4-3-5-10(8-9)20-7-6-16-13-11(14(18)19-2)12(15)17-21-13/h3-5,8,16H,6-7H2,1-2H3,(H2,15,17). The molecule has 0 aliphatic rings. The van der Waals surface area contributed by atoms with Crippen LogP contribution in [0, 0.1) is 6.92 Å². The highest BCUT2D eigenvalue weighted by Gasteiger charge is 2.19. The summed E-state index contributed by atoms with van der Waals surface area (Å²) in [6.45, 7) is 3.00. The Morgan fingerprint density at radius 3 is 3.00 bits per heavy atom. The van der Waals surface area contributed by atoms with Crippen LogP contribution < -0.4 is 15.8 Å². The van der Waals surface area contributed by atoms with Gasteiger partial charge in [-0.25, -0.2) is 4.79 Å². The van der Waals surface area contributed by atoms with Crippen molar-refractivity contribution in [2.24, 2.45) is 0 Å². The number of esters is 1. The van der Waals surface area contributed by atoms with Crippen molar-refractivity contribution >= 4 is 28.3 Å². The van der Waals surface area contributed by atoms with Crippen molar-refractivity contribution in [2.45, 2.75) is 6.92 Å². The summed E-state index contributed by atoms with van der Waals surface area (Å²) in [6, 6.07) is 7.81. The number of nitrogen functional groups attached to an aromatic ring is 1. The number of nitrogens with two attached hydrogens (primary N) is 1. The normalized spacial score (nSPS) is 10.2. The van der Waals surface area contributed by atoms with Crippen molar-refractivity contribution in [2.75, 3.05) is 31.3 Å². The Hall–Kier alpha value is -2.28. The summed E-state index contributed by atoms with van der Waals surface area (Å²) in [6.07, 6.45) is 0. The average molecular weight is 307 g/mol. The summed E-state index contributed by atoms with van der Waals surface area (Å²) in [7, 11) is 1.31. The Balaban J connectivity index is 1.88. The molecule has 3 N–H and O–H groups in total. The van der Waals surface area contributed by atoms with Crippen LogP contribution in [0.5, 0.6) is 5.75 Å². The van der Waals surface area contributed by atoms with E-state index >= 15 is 0 Å². The number of aromatic nitrogens is 1. The van der Waals surface area contributed by atoms with Gasteiger partial charge in [0, 0.05) is 6.54 Å². The van der Waals surface area contributed by atoms with Crippen molar-refractivity contribution in [3.05, 3.63) is 35.4 Å². The van der Waals surface area contributed by atoms with E-state index in [-0.39, 0.29) is 11.4 Å². The maximum absolute atomic E-state index is 11.6. The van der Waals surface area contributed by atoms with E-state index in [2.05, 4.69) is 14.4 Å². The third kappa shape index (κ3) is 3.85. The number of carbonyl (C=O) groups is 1. The number of aryl methyl sites for hydroxylation is 1. The molecule has 0 amide bonds. The first-order valence-corrected chi connectivity index (χ1v) is 7.16. The lowest BCUT2D eigenvalue weighted by Gasteiger charge is -2.08. The van der Waals surface area contributed by atoms with E-state index < -0.39 is 5.97 Å². The van der Waals surface area contributed by atoms with Gasteiger partial charge in [-0.05, 0) is 36.2 Å². The van der Waals surface area contributed by atoms with Crippen LogP contribution in [0.2, 0.25) is 0 Å². The summed E-state index contributed by atoms with van der Waals surface area (Å²) in [5.74, 6) is 0.492. The number of hydrogen-bond donors (Lipinski definition) is 2. The molecule has 0 unspecified atom stereocenters. The molecule has 1 aromatic heterocycles. The minimum atomic E-state index is -0.497. The van der Waals surface area contributed by atoms with Gasteiger partial charge in [-0.15, -0.1) is 0 Å². The zero-order valence-electron chi connectivity index (χ0n) is 11.9. The number of benzene rings is 1. The van der Waals surface area contributed by atoms with Crippen LogP contribution in [0.4, 0.5) is 10.8 Å². The summed E-state index contributed by atoms with van der Waals surface area (Å²) in [5, 5.41) is 3.67. The second-order valence-electron chi connectivity index (χ2n) is 4.36.